The Morgan fingerprint density at radius 2 is 1.39 bits per heavy atom. The Kier molecular flexibility index (Phi) is 12.1. The van der Waals surface area contributed by atoms with Gasteiger partial charge in [-0.05, 0) is 19.3 Å². The molecule has 0 aromatic heterocycles. The van der Waals surface area contributed by atoms with E-state index in [1.807, 2.05) is 0 Å². The van der Waals surface area contributed by atoms with Crippen molar-refractivity contribution in [1.82, 2.24) is 16.0 Å². The van der Waals surface area contributed by atoms with Crippen molar-refractivity contribution in [1.29, 1.82) is 0 Å². The molecule has 0 aromatic rings. The summed E-state index contributed by atoms with van der Waals surface area (Å²) in [6, 6.07) is -4.91. The zero-order valence-electron chi connectivity index (χ0n) is 16.4. The molecule has 16 heteroatoms. The van der Waals surface area contributed by atoms with Crippen molar-refractivity contribution in [3.05, 3.63) is 0 Å². The van der Waals surface area contributed by atoms with Gasteiger partial charge < -0.3 is 37.6 Å². The second kappa shape index (κ2) is 13.7. The van der Waals surface area contributed by atoms with Crippen LogP contribution in [0.2, 0.25) is 0 Å². The predicted octanol–water partition coefficient (Wildman–Crippen LogP) is -3.55. The molecule has 31 heavy (non-hydrogen) atoms. The van der Waals surface area contributed by atoms with Crippen molar-refractivity contribution >= 4 is 35.7 Å². The van der Waals surface area contributed by atoms with Crippen LogP contribution in [0.4, 0.5) is 0 Å². The van der Waals surface area contributed by atoms with Crippen LogP contribution in [0.5, 0.6) is 0 Å². The SMILES string of the molecule is NC(=O)CC[C@@H](C(=O)O)N(N[C@@H](CCCN=C(N)N)C(=O)O)N[C@@H](CC(=O)O)C(=O)O. The largest absolute Gasteiger partial charge is 0.481 e. The Bertz CT molecular complexity index is 696. The molecule has 0 aliphatic heterocycles. The van der Waals surface area contributed by atoms with Gasteiger partial charge in [0, 0.05) is 13.0 Å². The van der Waals surface area contributed by atoms with Crippen molar-refractivity contribution in [3.63, 3.8) is 0 Å². The molecule has 0 rings (SSSR count). The maximum atomic E-state index is 11.7. The van der Waals surface area contributed by atoms with E-state index in [4.69, 9.17) is 22.3 Å². The third-order valence-electron chi connectivity index (χ3n) is 3.77. The smallest absolute Gasteiger partial charge is 0.323 e. The number of nitrogens with two attached hydrogens (primary N) is 3. The van der Waals surface area contributed by atoms with E-state index in [9.17, 15) is 39.3 Å². The number of aliphatic imine (C=N–C) groups is 1. The zero-order valence-corrected chi connectivity index (χ0v) is 16.4. The van der Waals surface area contributed by atoms with Gasteiger partial charge in [-0.25, -0.2) is 10.9 Å². The minimum atomic E-state index is -1.81. The number of carbonyl (C=O) groups is 5. The van der Waals surface area contributed by atoms with E-state index in [0.29, 0.717) is 5.12 Å². The number of hydrazine groups is 2. The number of carboxylic acids is 4. The molecule has 16 nitrogen and oxygen atoms in total. The lowest BCUT2D eigenvalue weighted by atomic mass is 10.1. The van der Waals surface area contributed by atoms with Crippen molar-refractivity contribution in [3.8, 4) is 0 Å². The number of amides is 1. The van der Waals surface area contributed by atoms with Crippen LogP contribution in [-0.2, 0) is 24.0 Å². The number of nitrogens with one attached hydrogen (secondary N) is 2. The molecule has 0 fully saturated rings. The predicted molar refractivity (Wildman–Crippen MR) is 103 cm³/mol. The van der Waals surface area contributed by atoms with E-state index in [2.05, 4.69) is 15.8 Å². The Balaban J connectivity index is 5.71. The molecule has 1 amide bonds. The Labute approximate surface area is 176 Å². The molecule has 0 bridgehead atoms. The van der Waals surface area contributed by atoms with Gasteiger partial charge in [0.05, 0.1) is 6.42 Å². The van der Waals surface area contributed by atoms with Gasteiger partial charge in [-0.1, -0.05) is 0 Å². The number of aliphatic carboxylic acids is 4. The minimum absolute atomic E-state index is 0.0714. The van der Waals surface area contributed by atoms with Gasteiger partial charge in [0.1, 0.15) is 18.1 Å². The molecule has 0 saturated carbocycles. The highest BCUT2D eigenvalue weighted by Crippen LogP contribution is 2.09. The number of nitrogens with zero attached hydrogens (tertiary/aromatic N) is 2. The molecular formula is C15H27N7O9. The van der Waals surface area contributed by atoms with Crippen molar-refractivity contribution in [2.45, 2.75) is 50.2 Å². The van der Waals surface area contributed by atoms with Gasteiger partial charge in [-0.2, -0.15) is 5.12 Å². The third-order valence-corrected chi connectivity index (χ3v) is 3.77. The summed E-state index contributed by atoms with van der Waals surface area (Å²) in [4.78, 5) is 60.3. The van der Waals surface area contributed by atoms with E-state index in [0.717, 1.165) is 0 Å². The van der Waals surface area contributed by atoms with Crippen molar-refractivity contribution in [2.75, 3.05) is 6.54 Å². The van der Waals surface area contributed by atoms with Gasteiger partial charge in [0.15, 0.2) is 5.96 Å². The van der Waals surface area contributed by atoms with Crippen LogP contribution in [0.3, 0.4) is 0 Å². The average Bonchev–Trinajstić information content (AvgIpc) is 2.61. The first-order valence-corrected chi connectivity index (χ1v) is 8.90. The minimum Gasteiger partial charge on any atom is -0.481 e. The van der Waals surface area contributed by atoms with E-state index in [1.54, 1.807) is 0 Å². The van der Waals surface area contributed by atoms with Crippen LogP contribution in [0.25, 0.3) is 0 Å². The summed E-state index contributed by atoms with van der Waals surface area (Å²) in [7, 11) is 0. The number of carboxylic acid groups (broad SMARTS) is 4. The number of rotatable bonds is 17. The number of hydrogen-bond donors (Lipinski definition) is 9. The quantitative estimate of drug-likeness (QED) is 0.0450. The summed E-state index contributed by atoms with van der Waals surface area (Å²) >= 11 is 0. The number of carbonyl (C=O) groups excluding carboxylic acids is 1. The molecule has 176 valence electrons. The van der Waals surface area contributed by atoms with Gasteiger partial charge in [0.25, 0.3) is 0 Å². The van der Waals surface area contributed by atoms with Gasteiger partial charge in [-0.15, -0.1) is 0 Å². The van der Waals surface area contributed by atoms with E-state index in [-0.39, 0.29) is 25.3 Å². The molecule has 0 aliphatic carbocycles. The lowest BCUT2D eigenvalue weighted by Gasteiger charge is -2.34. The van der Waals surface area contributed by atoms with Gasteiger partial charge in [0.2, 0.25) is 5.91 Å². The number of guanidine groups is 1. The summed E-state index contributed by atoms with van der Waals surface area (Å²) in [6.07, 6.45) is -1.74. The van der Waals surface area contributed by atoms with E-state index >= 15 is 0 Å². The maximum Gasteiger partial charge on any atom is 0.323 e. The third kappa shape index (κ3) is 11.9. The lowest BCUT2D eigenvalue weighted by molar-refractivity contribution is -0.157. The molecule has 0 aliphatic rings. The lowest BCUT2D eigenvalue weighted by Crippen LogP contribution is -2.64. The fourth-order valence-corrected chi connectivity index (χ4v) is 2.30. The van der Waals surface area contributed by atoms with Gasteiger partial charge >= 0.3 is 23.9 Å². The number of hydrogen-bond acceptors (Lipinski definition) is 9. The van der Waals surface area contributed by atoms with Crippen molar-refractivity contribution in [2.24, 2.45) is 22.2 Å². The van der Waals surface area contributed by atoms with Crippen LogP contribution >= 0.6 is 0 Å². The molecular weight excluding hydrogens is 422 g/mol. The monoisotopic (exact) mass is 449 g/mol. The molecule has 0 radical (unpaired) electrons. The highest BCUT2D eigenvalue weighted by Gasteiger charge is 2.34. The fraction of sp³-hybridized carbons (Fsp3) is 0.600. The van der Waals surface area contributed by atoms with Crippen LogP contribution < -0.4 is 28.1 Å². The summed E-state index contributed by atoms with van der Waals surface area (Å²) in [5.41, 5.74) is 19.9. The summed E-state index contributed by atoms with van der Waals surface area (Å²) in [5, 5.41) is 37.6. The first-order valence-electron chi connectivity index (χ1n) is 8.90. The maximum absolute atomic E-state index is 11.7. The Hall–Kier alpha value is -3.50. The Morgan fingerprint density at radius 3 is 1.81 bits per heavy atom. The number of primary amides is 1. The molecule has 0 spiro atoms. The summed E-state index contributed by atoms with van der Waals surface area (Å²) in [6.45, 7) is 0.0714. The van der Waals surface area contributed by atoms with Gasteiger partial charge in [-0.3, -0.25) is 29.0 Å². The standard InChI is InChI=1S/C15H27N7O9/c16-10(23)4-3-9(14(30)31)22(21-8(13(28)29)6-11(24)25)20-7(12(26)27)2-1-5-19-15(17)18/h7-9,20-21H,1-6H2,(H2,16,23)(H,24,25)(H,26,27)(H,28,29)(H,30,31)(H4,17,18,19)/t7-,8-,9-/m0/s1. The molecule has 0 aromatic carbocycles. The summed E-state index contributed by atoms with van der Waals surface area (Å²) < 4.78 is 0. The average molecular weight is 449 g/mol. The normalized spacial score (nSPS) is 13.7. The topological polar surface area (TPSA) is 284 Å². The second-order valence-corrected chi connectivity index (χ2v) is 6.32. The molecule has 0 heterocycles. The summed E-state index contributed by atoms with van der Waals surface area (Å²) in [5.74, 6) is -7.16. The highest BCUT2D eigenvalue weighted by molar-refractivity contribution is 5.81. The Morgan fingerprint density at radius 1 is 0.839 bits per heavy atom. The fourth-order valence-electron chi connectivity index (χ4n) is 2.30. The zero-order chi connectivity index (χ0) is 24.1. The second-order valence-electron chi connectivity index (χ2n) is 6.32. The molecule has 0 saturated heterocycles. The molecule has 3 atom stereocenters. The first-order chi connectivity index (χ1) is 14.3. The molecule has 0 unspecified atom stereocenters. The first kappa shape index (κ1) is 27.5. The van der Waals surface area contributed by atoms with E-state index in [1.165, 1.54) is 0 Å². The van der Waals surface area contributed by atoms with Crippen LogP contribution in [0.15, 0.2) is 4.99 Å². The van der Waals surface area contributed by atoms with Crippen molar-refractivity contribution < 1.29 is 44.4 Å². The van der Waals surface area contributed by atoms with E-state index < -0.39 is 67.2 Å². The van der Waals surface area contributed by atoms with Crippen LogP contribution in [-0.4, -0.2) is 86.0 Å². The highest BCUT2D eigenvalue weighted by atomic mass is 16.4. The van der Waals surface area contributed by atoms with Crippen LogP contribution in [0.1, 0.15) is 32.1 Å². The molecule has 12 N–H and O–H groups in total. The van der Waals surface area contributed by atoms with Crippen LogP contribution in [0, 0.1) is 0 Å².